The second-order valence-corrected chi connectivity index (χ2v) is 17.6. The van der Waals surface area contributed by atoms with Crippen LogP contribution in [0.3, 0.4) is 0 Å². The highest BCUT2D eigenvalue weighted by Gasteiger charge is 2.47. The number of rotatable bonds is 8. The Hall–Kier alpha value is -7.82. The average Bonchev–Trinajstić information content (AvgIpc) is 3.80. The minimum absolute atomic E-state index is 0.0281. The van der Waals surface area contributed by atoms with E-state index >= 15 is 0 Å². The molecule has 7 aromatic carbocycles. The molecule has 5 atom stereocenters. The second-order valence-electron chi connectivity index (χ2n) is 17.6. The van der Waals surface area contributed by atoms with E-state index in [4.69, 9.17) is 10.1 Å². The van der Waals surface area contributed by atoms with Crippen LogP contribution < -0.4 is 5.32 Å². The molecule has 2 aliphatic carbocycles. The highest BCUT2D eigenvalue weighted by atomic mass is 15.5. The molecule has 0 radical (unpaired) electrons. The van der Waals surface area contributed by atoms with Crippen LogP contribution in [0.2, 0.25) is 0 Å². The van der Waals surface area contributed by atoms with Crippen molar-refractivity contribution >= 4 is 22.7 Å². The Morgan fingerprint density at radius 2 is 1.00 bits per heavy atom. The molecule has 4 nitrogen and oxygen atoms in total. The first kappa shape index (κ1) is 38.8. The number of fused-ring (bicyclic) bond motifs is 4. The first-order valence-corrected chi connectivity index (χ1v) is 23.0. The van der Waals surface area contributed by atoms with Crippen LogP contribution in [-0.2, 0) is 0 Å². The van der Waals surface area contributed by atoms with Crippen LogP contribution in [0.1, 0.15) is 69.9 Å². The van der Waals surface area contributed by atoms with Crippen molar-refractivity contribution in [3.63, 3.8) is 0 Å². The van der Waals surface area contributed by atoms with Crippen molar-refractivity contribution in [2.75, 3.05) is 5.32 Å². The van der Waals surface area contributed by atoms with Gasteiger partial charge in [-0.25, -0.2) is 0 Å². The Labute approximate surface area is 381 Å². The van der Waals surface area contributed by atoms with Crippen molar-refractivity contribution in [1.29, 1.82) is 0 Å². The zero-order chi connectivity index (χ0) is 43.1. The van der Waals surface area contributed by atoms with Crippen molar-refractivity contribution in [3.05, 3.63) is 275 Å². The van der Waals surface area contributed by atoms with Gasteiger partial charge in [-0.2, -0.15) is 5.10 Å². The van der Waals surface area contributed by atoms with Gasteiger partial charge in [-0.15, -0.1) is 0 Å². The van der Waals surface area contributed by atoms with Crippen molar-refractivity contribution in [2.45, 2.75) is 31.0 Å². The van der Waals surface area contributed by atoms with E-state index in [9.17, 15) is 0 Å². The first-order chi connectivity index (χ1) is 32.2. The van der Waals surface area contributed by atoms with E-state index in [-0.39, 0.29) is 30.0 Å². The van der Waals surface area contributed by atoms with Crippen LogP contribution in [0.15, 0.2) is 246 Å². The minimum Gasteiger partial charge on any atom is -0.360 e. The molecule has 3 heterocycles. The monoisotopic (exact) mass is 836 g/mol. The quantitative estimate of drug-likeness (QED) is 0.166. The number of hydrogen-bond donors (Lipinski definition) is 1. The van der Waals surface area contributed by atoms with Gasteiger partial charge in [0, 0.05) is 28.7 Å². The second kappa shape index (κ2) is 16.7. The van der Waals surface area contributed by atoms with E-state index in [1.165, 1.54) is 61.3 Å². The summed E-state index contributed by atoms with van der Waals surface area (Å²) < 4.78 is 0. The van der Waals surface area contributed by atoms with Crippen LogP contribution in [0.5, 0.6) is 0 Å². The molecule has 0 amide bonds. The van der Waals surface area contributed by atoms with Crippen molar-refractivity contribution in [3.8, 4) is 22.3 Å². The molecular weight excluding hydrogens is 789 g/mol. The summed E-state index contributed by atoms with van der Waals surface area (Å²) in [6.07, 6.45) is 19.6. The maximum absolute atomic E-state index is 5.65. The summed E-state index contributed by atoms with van der Waals surface area (Å²) in [5.74, 6) is 0.531. The number of nitrogens with zero attached hydrogens (tertiary/aromatic N) is 3. The van der Waals surface area contributed by atoms with Gasteiger partial charge in [0.05, 0.1) is 29.1 Å². The lowest BCUT2D eigenvalue weighted by Crippen LogP contribution is -2.32. The Bertz CT molecular complexity index is 3110. The van der Waals surface area contributed by atoms with E-state index in [1.54, 1.807) is 0 Å². The van der Waals surface area contributed by atoms with Crippen LogP contribution in [0.25, 0.3) is 27.8 Å². The lowest BCUT2D eigenvalue weighted by atomic mass is 9.75. The van der Waals surface area contributed by atoms with Crippen molar-refractivity contribution in [2.24, 2.45) is 21.9 Å². The Kier molecular flexibility index (Phi) is 9.98. The molecule has 4 heteroatoms. The fraction of sp³-hybridized carbons (Fsp3) is 0.115. The summed E-state index contributed by atoms with van der Waals surface area (Å²) >= 11 is 0. The molecule has 5 aliphatic rings. The standard InChI is InChI=1S/C61H48N4/c1-5-17-45(18-6-1)56-58(48-21-9-3-10-22-48)64-65-59(49-23-11-4-12-24-49)55(51-25-13-14-26-52(51)60(56)65)46-37-33-43(34-38-46)41-29-31-42(32-30-41)44-35-39-50(40-36-44)61-62-54-28-16-15-27-53(54)57(63-61)47-19-7-2-8-20-47/h1-19,21-23,25-40,47,49,56,60-62H,20,24H2. The molecule has 12 rings (SSSR count). The molecule has 7 aromatic rings. The zero-order valence-electron chi connectivity index (χ0n) is 36.1. The fourth-order valence-corrected chi connectivity index (χ4v) is 10.6. The Morgan fingerprint density at radius 1 is 0.446 bits per heavy atom. The lowest BCUT2D eigenvalue weighted by Gasteiger charge is -2.40. The van der Waals surface area contributed by atoms with Gasteiger partial charge in [0.15, 0.2) is 0 Å². The molecule has 5 unspecified atom stereocenters. The summed E-state index contributed by atoms with van der Waals surface area (Å²) in [5, 5.41) is 11.7. The topological polar surface area (TPSA) is 40.0 Å². The largest absolute Gasteiger partial charge is 0.360 e. The van der Waals surface area contributed by atoms with Gasteiger partial charge in [-0.05, 0) is 74.5 Å². The summed E-state index contributed by atoms with van der Waals surface area (Å²) in [5.41, 5.74) is 19.3. The maximum Gasteiger partial charge on any atom is 0.145 e. The van der Waals surface area contributed by atoms with E-state index in [1.807, 2.05) is 0 Å². The molecule has 0 fully saturated rings. The number of nitrogens with one attached hydrogen (secondary N) is 1. The van der Waals surface area contributed by atoms with E-state index < -0.39 is 0 Å². The molecule has 0 saturated heterocycles. The average molecular weight is 837 g/mol. The lowest BCUT2D eigenvalue weighted by molar-refractivity contribution is 0.257. The molecule has 3 aliphatic heterocycles. The number of para-hydroxylation sites is 1. The van der Waals surface area contributed by atoms with E-state index in [0.717, 1.165) is 41.1 Å². The highest BCUT2D eigenvalue weighted by molar-refractivity contribution is 6.09. The van der Waals surface area contributed by atoms with Crippen LogP contribution in [0.4, 0.5) is 5.69 Å². The predicted molar refractivity (Wildman–Crippen MR) is 269 cm³/mol. The number of allylic oxidation sites excluding steroid dienone is 8. The third kappa shape index (κ3) is 7.12. The Morgan fingerprint density at radius 3 is 1.65 bits per heavy atom. The molecule has 0 bridgehead atoms. The van der Waals surface area contributed by atoms with Gasteiger partial charge in [0.1, 0.15) is 6.17 Å². The smallest absolute Gasteiger partial charge is 0.145 e. The SMILES string of the molecule is C1=CCC(C2=NC(c3ccc(-c4ccc(-c5ccc(C6=C(C7C=CC=CC7)N7N=C(c8ccccc8)C(c8ccccc8)C7c7ccccc76)cc5)cc4)cc3)Nc3ccccc32)C=C1. The molecule has 0 aromatic heterocycles. The van der Waals surface area contributed by atoms with Gasteiger partial charge < -0.3 is 5.32 Å². The highest BCUT2D eigenvalue weighted by Crippen LogP contribution is 2.54. The molecule has 0 saturated carbocycles. The summed E-state index contributed by atoms with van der Waals surface area (Å²) in [6, 6.07) is 66.4. The van der Waals surface area contributed by atoms with Gasteiger partial charge >= 0.3 is 0 Å². The molecule has 0 spiro atoms. The van der Waals surface area contributed by atoms with Crippen LogP contribution in [-0.4, -0.2) is 16.4 Å². The molecule has 65 heavy (non-hydrogen) atoms. The van der Waals surface area contributed by atoms with Gasteiger partial charge in [-0.3, -0.25) is 10.0 Å². The number of aliphatic imine (C=N–C) groups is 1. The normalized spacial score (nSPS) is 21.5. The zero-order valence-corrected chi connectivity index (χ0v) is 36.1. The van der Waals surface area contributed by atoms with Gasteiger partial charge in [0.25, 0.3) is 0 Å². The van der Waals surface area contributed by atoms with Crippen LogP contribution >= 0.6 is 0 Å². The summed E-state index contributed by atoms with van der Waals surface area (Å²) in [6.45, 7) is 0. The number of anilines is 1. The Balaban J connectivity index is 0.858. The third-order valence-electron chi connectivity index (χ3n) is 13.7. The van der Waals surface area contributed by atoms with Gasteiger partial charge in [-0.1, -0.05) is 225 Å². The first-order valence-electron chi connectivity index (χ1n) is 23.0. The van der Waals surface area contributed by atoms with Crippen molar-refractivity contribution < 1.29 is 0 Å². The molecular formula is C61H48N4. The van der Waals surface area contributed by atoms with E-state index in [2.05, 4.69) is 241 Å². The number of hydrazone groups is 1. The summed E-state index contributed by atoms with van der Waals surface area (Å²) in [4.78, 5) is 5.29. The van der Waals surface area contributed by atoms with Crippen molar-refractivity contribution in [1.82, 2.24) is 5.01 Å². The number of hydrogen-bond acceptors (Lipinski definition) is 4. The summed E-state index contributed by atoms with van der Waals surface area (Å²) in [7, 11) is 0. The van der Waals surface area contributed by atoms with Gasteiger partial charge in [0.2, 0.25) is 0 Å². The third-order valence-corrected chi connectivity index (χ3v) is 13.7. The van der Waals surface area contributed by atoms with E-state index in [0.29, 0.717) is 0 Å². The predicted octanol–water partition coefficient (Wildman–Crippen LogP) is 14.5. The molecule has 1 N–H and O–H groups in total. The minimum atomic E-state index is -0.133. The number of benzene rings is 7. The molecule has 312 valence electrons. The maximum atomic E-state index is 5.65. The fourth-order valence-electron chi connectivity index (χ4n) is 10.6. The van der Waals surface area contributed by atoms with Crippen LogP contribution in [0, 0.1) is 11.8 Å².